The fraction of sp³-hybridized carbons (Fsp3) is 0.111. The van der Waals surface area contributed by atoms with Gasteiger partial charge < -0.3 is 14.5 Å². The number of rotatable bonds is 4. The molecule has 2 aromatic carbocycles. The van der Waals surface area contributed by atoms with Gasteiger partial charge in [0.05, 0.1) is 13.3 Å². The predicted molar refractivity (Wildman–Crippen MR) is 87.6 cm³/mol. The van der Waals surface area contributed by atoms with Crippen molar-refractivity contribution < 1.29 is 13.9 Å². The van der Waals surface area contributed by atoms with Crippen LogP contribution >= 0.6 is 0 Å². The molecule has 23 heavy (non-hydrogen) atoms. The van der Waals surface area contributed by atoms with Gasteiger partial charge in [0.2, 0.25) is 0 Å². The summed E-state index contributed by atoms with van der Waals surface area (Å²) in [5.74, 6) is 0.959. The van der Waals surface area contributed by atoms with E-state index in [9.17, 15) is 4.79 Å². The molecule has 0 bridgehead atoms. The fourth-order valence-corrected chi connectivity index (χ4v) is 2.26. The van der Waals surface area contributed by atoms with Crippen LogP contribution in [0.5, 0.6) is 5.75 Å². The molecule has 0 aliphatic rings. The minimum absolute atomic E-state index is 0.0253. The number of aryl methyl sites for hydroxylation is 1. The standard InChI is InChI=1S/C18H16N2O3/c1-12-10-14(8-9-15(12)22-2)20-17(21)18-19-11-16(23-18)13-6-4-3-5-7-13/h3-11H,1-2H3,(H,20,21). The van der Waals surface area contributed by atoms with Crippen molar-refractivity contribution in [1.29, 1.82) is 0 Å². The lowest BCUT2D eigenvalue weighted by Crippen LogP contribution is -2.12. The van der Waals surface area contributed by atoms with Crippen LogP contribution in [0.2, 0.25) is 0 Å². The SMILES string of the molecule is COc1ccc(NC(=O)c2ncc(-c3ccccc3)o2)cc1C. The quantitative estimate of drug-likeness (QED) is 0.793. The normalized spacial score (nSPS) is 10.3. The number of oxazole rings is 1. The van der Waals surface area contributed by atoms with Crippen LogP contribution in [0.4, 0.5) is 5.69 Å². The first kappa shape index (κ1) is 14.8. The highest BCUT2D eigenvalue weighted by atomic mass is 16.5. The zero-order valence-corrected chi connectivity index (χ0v) is 12.9. The Morgan fingerprint density at radius 3 is 2.65 bits per heavy atom. The number of benzene rings is 2. The molecule has 5 heteroatoms. The molecule has 0 fully saturated rings. The Hall–Kier alpha value is -3.08. The Balaban J connectivity index is 1.76. The van der Waals surface area contributed by atoms with Gasteiger partial charge in [-0.2, -0.15) is 0 Å². The second kappa shape index (κ2) is 6.36. The summed E-state index contributed by atoms with van der Waals surface area (Å²) in [6, 6.07) is 14.9. The summed E-state index contributed by atoms with van der Waals surface area (Å²) in [4.78, 5) is 16.3. The molecule has 1 aromatic heterocycles. The van der Waals surface area contributed by atoms with E-state index >= 15 is 0 Å². The molecule has 0 atom stereocenters. The zero-order valence-electron chi connectivity index (χ0n) is 12.9. The van der Waals surface area contributed by atoms with Crippen molar-refractivity contribution in [3.8, 4) is 17.1 Å². The van der Waals surface area contributed by atoms with Gasteiger partial charge in [0.25, 0.3) is 5.89 Å². The third kappa shape index (κ3) is 3.23. The first-order valence-corrected chi connectivity index (χ1v) is 7.14. The Morgan fingerprint density at radius 1 is 1.17 bits per heavy atom. The summed E-state index contributed by atoms with van der Waals surface area (Å²) in [5, 5.41) is 2.76. The summed E-state index contributed by atoms with van der Waals surface area (Å²) >= 11 is 0. The van der Waals surface area contributed by atoms with Crippen LogP contribution in [0.3, 0.4) is 0 Å². The number of nitrogens with zero attached hydrogens (tertiary/aromatic N) is 1. The maximum atomic E-state index is 12.2. The number of ether oxygens (including phenoxy) is 1. The van der Waals surface area contributed by atoms with E-state index in [1.807, 2.05) is 43.3 Å². The number of hydrogen-bond acceptors (Lipinski definition) is 4. The van der Waals surface area contributed by atoms with Crippen molar-refractivity contribution >= 4 is 11.6 Å². The molecule has 3 aromatic rings. The number of carbonyl (C=O) groups is 1. The highest BCUT2D eigenvalue weighted by Crippen LogP contribution is 2.23. The number of carbonyl (C=O) groups excluding carboxylic acids is 1. The molecule has 0 aliphatic carbocycles. The van der Waals surface area contributed by atoms with E-state index < -0.39 is 5.91 Å². The van der Waals surface area contributed by atoms with Crippen LogP contribution in [0.15, 0.2) is 59.1 Å². The largest absolute Gasteiger partial charge is 0.496 e. The van der Waals surface area contributed by atoms with Crippen molar-refractivity contribution in [1.82, 2.24) is 4.98 Å². The molecule has 0 saturated heterocycles. The summed E-state index contributed by atoms with van der Waals surface area (Å²) in [5.41, 5.74) is 2.47. The van der Waals surface area contributed by atoms with E-state index in [-0.39, 0.29) is 5.89 Å². The first-order chi connectivity index (χ1) is 11.2. The van der Waals surface area contributed by atoms with E-state index in [1.54, 1.807) is 25.4 Å². The van der Waals surface area contributed by atoms with Crippen LogP contribution < -0.4 is 10.1 Å². The van der Waals surface area contributed by atoms with Gasteiger partial charge in [-0.15, -0.1) is 0 Å². The van der Waals surface area contributed by atoms with Crippen LogP contribution in [0.1, 0.15) is 16.2 Å². The number of amides is 1. The number of methoxy groups -OCH3 is 1. The number of anilines is 1. The third-order valence-electron chi connectivity index (χ3n) is 3.41. The molecule has 1 N–H and O–H groups in total. The highest BCUT2D eigenvalue weighted by molar-refractivity contribution is 6.01. The first-order valence-electron chi connectivity index (χ1n) is 7.14. The Bertz CT molecular complexity index is 825. The van der Waals surface area contributed by atoms with E-state index in [4.69, 9.17) is 9.15 Å². The van der Waals surface area contributed by atoms with Crippen molar-refractivity contribution in [3.63, 3.8) is 0 Å². The monoisotopic (exact) mass is 308 g/mol. The number of aromatic nitrogens is 1. The van der Waals surface area contributed by atoms with Gasteiger partial charge in [-0.25, -0.2) is 4.98 Å². The maximum absolute atomic E-state index is 12.2. The highest BCUT2D eigenvalue weighted by Gasteiger charge is 2.14. The minimum Gasteiger partial charge on any atom is -0.496 e. The molecule has 1 heterocycles. The van der Waals surface area contributed by atoms with Crippen LogP contribution in [-0.4, -0.2) is 18.0 Å². The van der Waals surface area contributed by atoms with Gasteiger partial charge >= 0.3 is 5.91 Å². The minimum atomic E-state index is -0.392. The number of hydrogen-bond donors (Lipinski definition) is 1. The lowest BCUT2D eigenvalue weighted by Gasteiger charge is -2.07. The Morgan fingerprint density at radius 2 is 1.96 bits per heavy atom. The van der Waals surface area contributed by atoms with Gasteiger partial charge in [-0.05, 0) is 30.7 Å². The molecule has 0 radical (unpaired) electrons. The topological polar surface area (TPSA) is 64.4 Å². The molecule has 0 unspecified atom stereocenters. The van der Waals surface area contributed by atoms with Gasteiger partial charge in [-0.3, -0.25) is 4.79 Å². The molecular weight excluding hydrogens is 292 g/mol. The summed E-state index contributed by atoms with van der Waals surface area (Å²) in [7, 11) is 1.61. The summed E-state index contributed by atoms with van der Waals surface area (Å²) in [6.45, 7) is 1.91. The molecular formula is C18H16N2O3. The second-order valence-electron chi connectivity index (χ2n) is 5.03. The van der Waals surface area contributed by atoms with Gasteiger partial charge in [0.15, 0.2) is 5.76 Å². The van der Waals surface area contributed by atoms with Crippen molar-refractivity contribution in [2.75, 3.05) is 12.4 Å². The molecule has 5 nitrogen and oxygen atoms in total. The predicted octanol–water partition coefficient (Wildman–Crippen LogP) is 3.91. The smallest absolute Gasteiger partial charge is 0.311 e. The lowest BCUT2D eigenvalue weighted by molar-refractivity contribution is 0.0991. The van der Waals surface area contributed by atoms with Crippen LogP contribution in [-0.2, 0) is 0 Å². The molecule has 116 valence electrons. The molecule has 0 saturated carbocycles. The average molecular weight is 308 g/mol. The maximum Gasteiger partial charge on any atom is 0.311 e. The van der Waals surface area contributed by atoms with E-state index in [1.165, 1.54) is 0 Å². The van der Waals surface area contributed by atoms with E-state index in [0.717, 1.165) is 16.9 Å². The van der Waals surface area contributed by atoms with Gasteiger partial charge in [0.1, 0.15) is 5.75 Å². The Labute approximate surface area is 133 Å². The summed E-state index contributed by atoms with van der Waals surface area (Å²) < 4.78 is 10.7. The Kier molecular flexibility index (Phi) is 4.10. The van der Waals surface area contributed by atoms with E-state index in [0.29, 0.717) is 11.4 Å². The summed E-state index contributed by atoms with van der Waals surface area (Å²) in [6.07, 6.45) is 1.55. The van der Waals surface area contributed by atoms with Gasteiger partial charge in [0, 0.05) is 11.3 Å². The van der Waals surface area contributed by atoms with Crippen molar-refractivity contribution in [2.24, 2.45) is 0 Å². The fourth-order valence-electron chi connectivity index (χ4n) is 2.26. The van der Waals surface area contributed by atoms with Gasteiger partial charge in [-0.1, -0.05) is 30.3 Å². The van der Waals surface area contributed by atoms with E-state index in [2.05, 4.69) is 10.3 Å². The van der Waals surface area contributed by atoms with Crippen molar-refractivity contribution in [2.45, 2.75) is 6.92 Å². The van der Waals surface area contributed by atoms with Crippen LogP contribution in [0.25, 0.3) is 11.3 Å². The lowest BCUT2D eigenvalue weighted by atomic mass is 10.2. The molecule has 0 aliphatic heterocycles. The zero-order chi connectivity index (χ0) is 16.2. The second-order valence-corrected chi connectivity index (χ2v) is 5.03. The molecule has 0 spiro atoms. The molecule has 3 rings (SSSR count). The average Bonchev–Trinajstić information content (AvgIpc) is 3.06. The van der Waals surface area contributed by atoms with Crippen LogP contribution in [0, 0.1) is 6.92 Å². The molecule has 1 amide bonds. The van der Waals surface area contributed by atoms with Crippen molar-refractivity contribution in [3.05, 3.63) is 66.2 Å². The third-order valence-corrected chi connectivity index (χ3v) is 3.41. The number of nitrogens with one attached hydrogen (secondary N) is 1.